The summed E-state index contributed by atoms with van der Waals surface area (Å²) >= 11 is 11.9. The molecule has 0 saturated heterocycles. The number of aryl methyl sites for hydroxylation is 2. The fourth-order valence-corrected chi connectivity index (χ4v) is 2.73. The first kappa shape index (κ1) is 17.6. The van der Waals surface area contributed by atoms with Gasteiger partial charge in [0.15, 0.2) is 6.10 Å². The molecule has 3 nitrogen and oxygen atoms in total. The van der Waals surface area contributed by atoms with Crippen LogP contribution in [0, 0.1) is 13.8 Å². The van der Waals surface area contributed by atoms with Gasteiger partial charge in [-0.05, 0) is 61.7 Å². The minimum atomic E-state index is -0.595. The zero-order chi connectivity index (χ0) is 17.0. The Morgan fingerprint density at radius 2 is 1.78 bits per heavy atom. The van der Waals surface area contributed by atoms with Gasteiger partial charge in [-0.3, -0.25) is 4.79 Å². The Bertz CT molecular complexity index is 696. The summed E-state index contributed by atoms with van der Waals surface area (Å²) in [5.74, 6) is 0.491. The van der Waals surface area contributed by atoms with E-state index in [9.17, 15) is 4.79 Å². The van der Waals surface area contributed by atoms with E-state index in [-0.39, 0.29) is 5.91 Å². The summed E-state index contributed by atoms with van der Waals surface area (Å²) in [6.07, 6.45) is -0.595. The third-order valence-electron chi connectivity index (χ3n) is 3.35. The van der Waals surface area contributed by atoms with Gasteiger partial charge in [-0.1, -0.05) is 35.3 Å². The number of amides is 1. The van der Waals surface area contributed by atoms with Gasteiger partial charge in [0.25, 0.3) is 5.91 Å². The van der Waals surface area contributed by atoms with Crippen LogP contribution in [0.4, 0.5) is 0 Å². The molecule has 0 saturated carbocycles. The molecule has 0 unspecified atom stereocenters. The summed E-state index contributed by atoms with van der Waals surface area (Å²) in [5, 5.41) is 3.91. The predicted molar refractivity (Wildman–Crippen MR) is 94.3 cm³/mol. The van der Waals surface area contributed by atoms with Crippen LogP contribution in [-0.4, -0.2) is 12.0 Å². The molecule has 23 heavy (non-hydrogen) atoms. The fraction of sp³-hybridized carbons (Fsp3) is 0.278. The number of halogens is 2. The van der Waals surface area contributed by atoms with E-state index in [0.29, 0.717) is 22.3 Å². The zero-order valence-electron chi connectivity index (χ0n) is 13.3. The standard InChI is InChI=1S/C18H19Cl2NO2/c1-11-6-12(2)8-16(7-11)23-13(3)18(22)21-10-14-4-5-15(19)9-17(14)20/h4-9,13H,10H2,1-3H3,(H,21,22)/t13-/m1/s1. The first-order valence-electron chi connectivity index (χ1n) is 7.32. The van der Waals surface area contributed by atoms with E-state index in [2.05, 4.69) is 11.4 Å². The van der Waals surface area contributed by atoms with Crippen molar-refractivity contribution >= 4 is 29.1 Å². The second-order valence-corrected chi connectivity index (χ2v) is 6.38. The summed E-state index contributed by atoms with van der Waals surface area (Å²) in [4.78, 5) is 12.2. The summed E-state index contributed by atoms with van der Waals surface area (Å²) in [5.41, 5.74) is 3.00. The zero-order valence-corrected chi connectivity index (χ0v) is 14.8. The molecular weight excluding hydrogens is 333 g/mol. The first-order chi connectivity index (χ1) is 10.8. The fourth-order valence-electron chi connectivity index (χ4n) is 2.25. The van der Waals surface area contributed by atoms with Crippen molar-refractivity contribution in [2.45, 2.75) is 33.4 Å². The van der Waals surface area contributed by atoms with Crippen molar-refractivity contribution in [2.24, 2.45) is 0 Å². The lowest BCUT2D eigenvalue weighted by Gasteiger charge is -2.16. The molecule has 5 heteroatoms. The van der Waals surface area contributed by atoms with Crippen LogP contribution in [0.15, 0.2) is 36.4 Å². The van der Waals surface area contributed by atoms with Crippen molar-refractivity contribution in [3.05, 3.63) is 63.1 Å². The average Bonchev–Trinajstić information content (AvgIpc) is 2.44. The second-order valence-electron chi connectivity index (χ2n) is 5.54. The molecular formula is C18H19Cl2NO2. The molecule has 0 aliphatic rings. The first-order valence-corrected chi connectivity index (χ1v) is 8.07. The summed E-state index contributed by atoms with van der Waals surface area (Å²) in [7, 11) is 0. The van der Waals surface area contributed by atoms with Gasteiger partial charge >= 0.3 is 0 Å². The maximum absolute atomic E-state index is 12.2. The molecule has 2 rings (SSSR count). The highest BCUT2D eigenvalue weighted by Crippen LogP contribution is 2.21. The highest BCUT2D eigenvalue weighted by atomic mass is 35.5. The maximum Gasteiger partial charge on any atom is 0.261 e. The highest BCUT2D eigenvalue weighted by molar-refractivity contribution is 6.35. The van der Waals surface area contributed by atoms with Crippen LogP contribution in [0.5, 0.6) is 5.75 Å². The Morgan fingerprint density at radius 1 is 1.13 bits per heavy atom. The number of carbonyl (C=O) groups is 1. The third-order valence-corrected chi connectivity index (χ3v) is 3.93. The van der Waals surface area contributed by atoms with Gasteiger partial charge in [-0.15, -0.1) is 0 Å². The molecule has 2 aromatic carbocycles. The van der Waals surface area contributed by atoms with Crippen LogP contribution in [0.2, 0.25) is 10.0 Å². The Morgan fingerprint density at radius 3 is 2.39 bits per heavy atom. The molecule has 1 amide bonds. The number of hydrogen-bond acceptors (Lipinski definition) is 2. The van der Waals surface area contributed by atoms with Crippen LogP contribution in [0.25, 0.3) is 0 Å². The third kappa shape index (κ3) is 5.15. The lowest BCUT2D eigenvalue weighted by atomic mass is 10.1. The van der Waals surface area contributed by atoms with Crippen LogP contribution in [-0.2, 0) is 11.3 Å². The van der Waals surface area contributed by atoms with E-state index in [1.54, 1.807) is 25.1 Å². The van der Waals surface area contributed by atoms with Gasteiger partial charge in [0.2, 0.25) is 0 Å². The maximum atomic E-state index is 12.2. The Balaban J connectivity index is 1.94. The Hall–Kier alpha value is -1.71. The van der Waals surface area contributed by atoms with Gasteiger partial charge in [-0.25, -0.2) is 0 Å². The minimum Gasteiger partial charge on any atom is -0.481 e. The monoisotopic (exact) mass is 351 g/mol. The summed E-state index contributed by atoms with van der Waals surface area (Å²) in [6, 6.07) is 11.1. The van der Waals surface area contributed by atoms with Crippen LogP contribution >= 0.6 is 23.2 Å². The molecule has 1 N–H and O–H groups in total. The number of ether oxygens (including phenoxy) is 1. The van der Waals surface area contributed by atoms with Gasteiger partial charge in [-0.2, -0.15) is 0 Å². The van der Waals surface area contributed by atoms with E-state index < -0.39 is 6.10 Å². The molecule has 0 fully saturated rings. The predicted octanol–water partition coefficient (Wildman–Crippen LogP) is 4.69. The van der Waals surface area contributed by atoms with Crippen molar-refractivity contribution in [3.63, 3.8) is 0 Å². The van der Waals surface area contributed by atoms with E-state index in [1.165, 1.54) is 0 Å². The average molecular weight is 352 g/mol. The van der Waals surface area contributed by atoms with Crippen molar-refractivity contribution in [1.82, 2.24) is 5.32 Å². The molecule has 0 aliphatic heterocycles. The smallest absolute Gasteiger partial charge is 0.261 e. The normalized spacial score (nSPS) is 11.9. The quantitative estimate of drug-likeness (QED) is 0.848. The number of benzene rings is 2. The van der Waals surface area contributed by atoms with E-state index in [1.807, 2.05) is 26.0 Å². The van der Waals surface area contributed by atoms with Crippen molar-refractivity contribution in [2.75, 3.05) is 0 Å². The molecule has 0 aliphatic carbocycles. The Kier molecular flexibility index (Phi) is 5.91. The minimum absolute atomic E-state index is 0.199. The van der Waals surface area contributed by atoms with E-state index in [4.69, 9.17) is 27.9 Å². The summed E-state index contributed by atoms with van der Waals surface area (Å²) < 4.78 is 5.71. The Labute approximate surface area is 146 Å². The topological polar surface area (TPSA) is 38.3 Å². The lowest BCUT2D eigenvalue weighted by molar-refractivity contribution is -0.127. The molecule has 0 heterocycles. The largest absolute Gasteiger partial charge is 0.481 e. The summed E-state index contributed by atoms with van der Waals surface area (Å²) in [6.45, 7) is 6.03. The van der Waals surface area contributed by atoms with Crippen molar-refractivity contribution in [1.29, 1.82) is 0 Å². The van der Waals surface area contributed by atoms with Crippen LogP contribution < -0.4 is 10.1 Å². The second kappa shape index (κ2) is 7.71. The molecule has 0 spiro atoms. The van der Waals surface area contributed by atoms with Gasteiger partial charge < -0.3 is 10.1 Å². The number of hydrogen-bond donors (Lipinski definition) is 1. The number of rotatable bonds is 5. The molecule has 0 radical (unpaired) electrons. The van der Waals surface area contributed by atoms with Gasteiger partial charge in [0.1, 0.15) is 5.75 Å². The van der Waals surface area contributed by atoms with E-state index in [0.717, 1.165) is 16.7 Å². The highest BCUT2D eigenvalue weighted by Gasteiger charge is 2.15. The van der Waals surface area contributed by atoms with Gasteiger partial charge in [0, 0.05) is 16.6 Å². The molecule has 122 valence electrons. The molecule has 2 aromatic rings. The van der Waals surface area contributed by atoms with Crippen molar-refractivity contribution in [3.8, 4) is 5.75 Å². The van der Waals surface area contributed by atoms with Crippen molar-refractivity contribution < 1.29 is 9.53 Å². The lowest BCUT2D eigenvalue weighted by Crippen LogP contribution is -2.36. The SMILES string of the molecule is Cc1cc(C)cc(O[C@H](C)C(=O)NCc2ccc(Cl)cc2Cl)c1. The molecule has 0 bridgehead atoms. The number of nitrogens with one attached hydrogen (secondary N) is 1. The van der Waals surface area contributed by atoms with Gasteiger partial charge in [0.05, 0.1) is 0 Å². The molecule has 1 atom stereocenters. The van der Waals surface area contributed by atoms with Crippen LogP contribution in [0.3, 0.4) is 0 Å². The molecule has 0 aromatic heterocycles. The van der Waals surface area contributed by atoms with Crippen LogP contribution in [0.1, 0.15) is 23.6 Å². The number of carbonyl (C=O) groups excluding carboxylic acids is 1. The van der Waals surface area contributed by atoms with E-state index >= 15 is 0 Å².